The van der Waals surface area contributed by atoms with Crippen LogP contribution >= 0.6 is 0 Å². The number of nitrogens with zero attached hydrogens (tertiary/aromatic N) is 3. The monoisotopic (exact) mass is 340 g/mol. The van der Waals surface area contributed by atoms with Crippen LogP contribution in [-0.2, 0) is 6.42 Å². The summed E-state index contributed by atoms with van der Waals surface area (Å²) < 4.78 is 0. The van der Waals surface area contributed by atoms with Crippen molar-refractivity contribution in [2.45, 2.75) is 6.42 Å². The molecule has 1 N–H and O–H groups in total. The molecule has 3 heterocycles. The Bertz CT molecular complexity index is 1060. The quantitative estimate of drug-likeness (QED) is 0.612. The van der Waals surface area contributed by atoms with Gasteiger partial charge in [0.2, 0.25) is 0 Å². The molecule has 0 aliphatic carbocycles. The molecule has 0 aliphatic heterocycles. The SMILES string of the molecule is O=C(Nc1cc(Cc2ccccc2)ccn1)c1cncc2cnccc12. The van der Waals surface area contributed by atoms with Gasteiger partial charge in [0, 0.05) is 41.8 Å². The zero-order valence-electron chi connectivity index (χ0n) is 14.0. The maximum Gasteiger partial charge on any atom is 0.259 e. The minimum Gasteiger partial charge on any atom is -0.306 e. The number of hydrogen-bond donors (Lipinski definition) is 1. The number of carbonyl (C=O) groups is 1. The van der Waals surface area contributed by atoms with Crippen LogP contribution in [0.2, 0.25) is 0 Å². The van der Waals surface area contributed by atoms with Crippen LogP contribution in [0, 0.1) is 0 Å². The molecule has 5 nitrogen and oxygen atoms in total. The predicted molar refractivity (Wildman–Crippen MR) is 101 cm³/mol. The topological polar surface area (TPSA) is 67.8 Å². The number of carbonyl (C=O) groups excluding carboxylic acids is 1. The lowest BCUT2D eigenvalue weighted by Crippen LogP contribution is -2.14. The number of rotatable bonds is 4. The van der Waals surface area contributed by atoms with Crippen molar-refractivity contribution in [1.82, 2.24) is 15.0 Å². The fourth-order valence-corrected chi connectivity index (χ4v) is 2.87. The normalized spacial score (nSPS) is 10.6. The minimum atomic E-state index is -0.237. The highest BCUT2D eigenvalue weighted by atomic mass is 16.1. The molecule has 4 aromatic rings. The number of pyridine rings is 3. The minimum absolute atomic E-state index is 0.237. The molecule has 4 rings (SSSR count). The van der Waals surface area contributed by atoms with E-state index in [4.69, 9.17) is 0 Å². The molecule has 3 aromatic heterocycles. The largest absolute Gasteiger partial charge is 0.306 e. The molecule has 0 spiro atoms. The summed E-state index contributed by atoms with van der Waals surface area (Å²) in [7, 11) is 0. The third-order valence-corrected chi connectivity index (χ3v) is 4.12. The van der Waals surface area contributed by atoms with Crippen LogP contribution < -0.4 is 5.32 Å². The van der Waals surface area contributed by atoms with Gasteiger partial charge < -0.3 is 5.32 Å². The highest BCUT2D eigenvalue weighted by molar-refractivity contribution is 6.12. The Hall–Kier alpha value is -3.60. The number of hydrogen-bond acceptors (Lipinski definition) is 4. The number of amides is 1. The zero-order chi connectivity index (χ0) is 17.8. The molecule has 0 saturated heterocycles. The summed E-state index contributed by atoms with van der Waals surface area (Å²) in [6.07, 6.45) is 9.10. The van der Waals surface area contributed by atoms with E-state index in [9.17, 15) is 4.79 Å². The van der Waals surface area contributed by atoms with E-state index in [0.717, 1.165) is 22.8 Å². The zero-order valence-corrected chi connectivity index (χ0v) is 14.0. The fourth-order valence-electron chi connectivity index (χ4n) is 2.87. The molecule has 26 heavy (non-hydrogen) atoms. The predicted octanol–water partition coefficient (Wildman–Crippen LogP) is 3.87. The Kier molecular flexibility index (Phi) is 4.35. The fraction of sp³-hybridized carbons (Fsp3) is 0.0476. The average Bonchev–Trinajstić information content (AvgIpc) is 2.68. The first-order valence-electron chi connectivity index (χ1n) is 8.27. The number of anilines is 1. The van der Waals surface area contributed by atoms with Crippen molar-refractivity contribution in [1.29, 1.82) is 0 Å². The number of nitrogens with one attached hydrogen (secondary N) is 1. The third kappa shape index (κ3) is 3.42. The molecular weight excluding hydrogens is 324 g/mol. The van der Waals surface area contributed by atoms with E-state index in [-0.39, 0.29) is 5.91 Å². The molecule has 0 saturated carbocycles. The van der Waals surface area contributed by atoms with E-state index >= 15 is 0 Å². The van der Waals surface area contributed by atoms with Crippen molar-refractivity contribution >= 4 is 22.5 Å². The molecule has 0 atom stereocenters. The molecule has 0 bridgehead atoms. The summed E-state index contributed by atoms with van der Waals surface area (Å²) in [4.78, 5) is 25.1. The van der Waals surface area contributed by atoms with Crippen LogP contribution in [0.3, 0.4) is 0 Å². The molecule has 126 valence electrons. The van der Waals surface area contributed by atoms with E-state index in [2.05, 4.69) is 32.4 Å². The van der Waals surface area contributed by atoms with Crippen molar-refractivity contribution < 1.29 is 4.79 Å². The second-order valence-corrected chi connectivity index (χ2v) is 5.95. The third-order valence-electron chi connectivity index (χ3n) is 4.12. The Morgan fingerprint density at radius 2 is 1.73 bits per heavy atom. The summed E-state index contributed by atoms with van der Waals surface area (Å²) in [6, 6.07) is 15.8. The van der Waals surface area contributed by atoms with Crippen LogP contribution in [0.15, 0.2) is 79.5 Å². The summed E-state index contributed by atoms with van der Waals surface area (Å²) >= 11 is 0. The Balaban J connectivity index is 1.57. The van der Waals surface area contributed by atoms with E-state index in [1.807, 2.05) is 36.4 Å². The Morgan fingerprint density at radius 1 is 0.885 bits per heavy atom. The van der Waals surface area contributed by atoms with Gasteiger partial charge >= 0.3 is 0 Å². The smallest absolute Gasteiger partial charge is 0.259 e. The van der Waals surface area contributed by atoms with E-state index in [1.54, 1.807) is 31.0 Å². The van der Waals surface area contributed by atoms with Crippen molar-refractivity contribution in [3.05, 3.63) is 96.2 Å². The van der Waals surface area contributed by atoms with E-state index < -0.39 is 0 Å². The standard InChI is InChI=1S/C21H16N4O/c26-21(19-14-23-13-17-12-22-8-7-18(17)19)25-20-11-16(6-9-24-20)10-15-4-2-1-3-5-15/h1-9,11-14H,10H2,(H,24,25,26). The van der Waals surface area contributed by atoms with Crippen LogP contribution in [0.4, 0.5) is 5.82 Å². The number of fused-ring (bicyclic) bond motifs is 1. The molecule has 1 amide bonds. The summed E-state index contributed by atoms with van der Waals surface area (Å²) in [6.45, 7) is 0. The molecule has 0 fully saturated rings. The molecule has 0 radical (unpaired) electrons. The van der Waals surface area contributed by atoms with Crippen molar-refractivity contribution in [2.24, 2.45) is 0 Å². The van der Waals surface area contributed by atoms with Crippen LogP contribution in [-0.4, -0.2) is 20.9 Å². The molecule has 1 aromatic carbocycles. The maximum atomic E-state index is 12.7. The number of benzene rings is 1. The average molecular weight is 340 g/mol. The van der Waals surface area contributed by atoms with Gasteiger partial charge in [-0.1, -0.05) is 30.3 Å². The van der Waals surface area contributed by atoms with Crippen LogP contribution in [0.1, 0.15) is 21.5 Å². The second kappa shape index (κ2) is 7.11. The Labute approximate surface area is 150 Å². The Morgan fingerprint density at radius 3 is 2.62 bits per heavy atom. The van der Waals surface area contributed by atoms with E-state index in [0.29, 0.717) is 11.4 Å². The highest BCUT2D eigenvalue weighted by Gasteiger charge is 2.12. The van der Waals surface area contributed by atoms with Gasteiger partial charge in [0.05, 0.1) is 5.56 Å². The van der Waals surface area contributed by atoms with Crippen molar-refractivity contribution in [2.75, 3.05) is 5.32 Å². The molecular formula is C21H16N4O. The summed E-state index contributed by atoms with van der Waals surface area (Å²) in [5, 5.41) is 4.50. The van der Waals surface area contributed by atoms with Crippen molar-refractivity contribution in [3.8, 4) is 0 Å². The molecule has 5 heteroatoms. The second-order valence-electron chi connectivity index (χ2n) is 5.95. The van der Waals surface area contributed by atoms with Gasteiger partial charge in [-0.05, 0) is 35.7 Å². The van der Waals surface area contributed by atoms with Gasteiger partial charge in [-0.2, -0.15) is 0 Å². The van der Waals surface area contributed by atoms with E-state index in [1.165, 1.54) is 5.56 Å². The van der Waals surface area contributed by atoms with Crippen LogP contribution in [0.5, 0.6) is 0 Å². The number of aromatic nitrogens is 3. The lowest BCUT2D eigenvalue weighted by molar-refractivity contribution is 0.102. The molecule has 0 unspecified atom stereocenters. The van der Waals surface area contributed by atoms with Gasteiger partial charge in [0.15, 0.2) is 0 Å². The summed E-state index contributed by atoms with van der Waals surface area (Å²) in [5.41, 5.74) is 2.80. The summed E-state index contributed by atoms with van der Waals surface area (Å²) in [5.74, 6) is 0.285. The first-order valence-corrected chi connectivity index (χ1v) is 8.27. The first kappa shape index (κ1) is 15.9. The van der Waals surface area contributed by atoms with Gasteiger partial charge in [-0.25, -0.2) is 4.98 Å². The first-order chi connectivity index (χ1) is 12.8. The van der Waals surface area contributed by atoms with Gasteiger partial charge in [-0.15, -0.1) is 0 Å². The van der Waals surface area contributed by atoms with Crippen LogP contribution in [0.25, 0.3) is 10.8 Å². The lowest BCUT2D eigenvalue weighted by Gasteiger charge is -2.08. The van der Waals surface area contributed by atoms with Gasteiger partial charge in [-0.3, -0.25) is 14.8 Å². The maximum absolute atomic E-state index is 12.7. The van der Waals surface area contributed by atoms with Gasteiger partial charge in [0.1, 0.15) is 5.82 Å². The van der Waals surface area contributed by atoms with Crippen molar-refractivity contribution in [3.63, 3.8) is 0 Å². The molecule has 0 aliphatic rings. The highest BCUT2D eigenvalue weighted by Crippen LogP contribution is 2.18. The lowest BCUT2D eigenvalue weighted by atomic mass is 10.1. The van der Waals surface area contributed by atoms with Gasteiger partial charge in [0.25, 0.3) is 5.91 Å².